The van der Waals surface area contributed by atoms with Crippen molar-refractivity contribution in [3.63, 3.8) is 0 Å². The molecule has 2 aliphatic rings. The summed E-state index contributed by atoms with van der Waals surface area (Å²) in [6.45, 7) is 10.1. The predicted octanol–water partition coefficient (Wildman–Crippen LogP) is 4.96. The van der Waals surface area contributed by atoms with E-state index in [4.69, 9.17) is 10.5 Å². The SMILES string of the molecule is CCCCC1CCCN(CC2CCCCC2CC(C)(C)OC(N)=O)C1. The minimum absolute atomic E-state index is 0.447. The zero-order chi connectivity index (χ0) is 18.3. The lowest BCUT2D eigenvalue weighted by atomic mass is 9.74. The van der Waals surface area contributed by atoms with E-state index in [1.165, 1.54) is 77.4 Å². The molecule has 146 valence electrons. The monoisotopic (exact) mass is 352 g/mol. The molecule has 2 rings (SSSR count). The van der Waals surface area contributed by atoms with Crippen molar-refractivity contribution in [2.45, 2.75) is 90.6 Å². The zero-order valence-corrected chi connectivity index (χ0v) is 16.8. The lowest BCUT2D eigenvalue weighted by molar-refractivity contribution is 0.00570. The van der Waals surface area contributed by atoms with Crippen molar-refractivity contribution in [3.8, 4) is 0 Å². The van der Waals surface area contributed by atoms with Crippen LogP contribution in [-0.2, 0) is 4.74 Å². The van der Waals surface area contributed by atoms with Crippen LogP contribution in [0, 0.1) is 17.8 Å². The Morgan fingerprint density at radius 3 is 2.56 bits per heavy atom. The van der Waals surface area contributed by atoms with E-state index in [2.05, 4.69) is 11.8 Å². The molecule has 1 saturated heterocycles. The Bertz CT molecular complexity index is 411. The first-order valence-electron chi connectivity index (χ1n) is 10.6. The maximum Gasteiger partial charge on any atom is 0.405 e. The molecule has 0 aromatic rings. The number of ether oxygens (including phenoxy) is 1. The van der Waals surface area contributed by atoms with Crippen LogP contribution >= 0.6 is 0 Å². The maximum absolute atomic E-state index is 11.2. The fraction of sp³-hybridized carbons (Fsp3) is 0.952. The molecule has 3 atom stereocenters. The van der Waals surface area contributed by atoms with Gasteiger partial charge in [-0.15, -0.1) is 0 Å². The van der Waals surface area contributed by atoms with Gasteiger partial charge in [0.25, 0.3) is 0 Å². The number of carbonyl (C=O) groups excluding carboxylic acids is 1. The molecular weight excluding hydrogens is 312 g/mol. The molecule has 1 heterocycles. The highest BCUT2D eigenvalue weighted by Gasteiger charge is 2.34. The summed E-state index contributed by atoms with van der Waals surface area (Å²) in [6, 6.07) is 0. The van der Waals surface area contributed by atoms with Crippen LogP contribution in [0.5, 0.6) is 0 Å². The van der Waals surface area contributed by atoms with Crippen molar-refractivity contribution >= 4 is 6.09 Å². The third-order valence-corrected chi connectivity index (χ3v) is 6.26. The summed E-state index contributed by atoms with van der Waals surface area (Å²) in [5.74, 6) is 2.30. The molecule has 0 radical (unpaired) electrons. The van der Waals surface area contributed by atoms with E-state index < -0.39 is 11.7 Å². The van der Waals surface area contributed by atoms with Crippen LogP contribution in [0.4, 0.5) is 4.79 Å². The second-order valence-electron chi connectivity index (χ2n) is 9.10. The van der Waals surface area contributed by atoms with Gasteiger partial charge in [0.05, 0.1) is 0 Å². The topological polar surface area (TPSA) is 55.6 Å². The van der Waals surface area contributed by atoms with Crippen LogP contribution in [-0.4, -0.2) is 36.2 Å². The number of likely N-dealkylation sites (tertiary alicyclic amines) is 1. The van der Waals surface area contributed by atoms with Gasteiger partial charge in [0, 0.05) is 13.1 Å². The molecule has 1 saturated carbocycles. The first-order valence-corrected chi connectivity index (χ1v) is 10.6. The number of carbonyl (C=O) groups is 1. The number of hydrogen-bond donors (Lipinski definition) is 1. The van der Waals surface area contributed by atoms with Crippen LogP contribution in [0.3, 0.4) is 0 Å². The number of piperidine rings is 1. The Morgan fingerprint density at radius 1 is 1.16 bits per heavy atom. The van der Waals surface area contributed by atoms with Gasteiger partial charge in [-0.2, -0.15) is 0 Å². The van der Waals surface area contributed by atoms with Gasteiger partial charge in [0.15, 0.2) is 0 Å². The highest BCUT2D eigenvalue weighted by Crippen LogP contribution is 2.37. The van der Waals surface area contributed by atoms with Gasteiger partial charge in [-0.05, 0) is 76.7 Å². The Hall–Kier alpha value is -0.770. The van der Waals surface area contributed by atoms with Crippen molar-refractivity contribution in [2.75, 3.05) is 19.6 Å². The number of amides is 1. The normalized spacial score (nSPS) is 28.7. The minimum Gasteiger partial charge on any atom is -0.444 e. The van der Waals surface area contributed by atoms with Crippen LogP contribution in [0.25, 0.3) is 0 Å². The Balaban J connectivity index is 1.88. The summed E-state index contributed by atoms with van der Waals surface area (Å²) in [7, 11) is 0. The van der Waals surface area contributed by atoms with Crippen molar-refractivity contribution in [1.82, 2.24) is 4.90 Å². The van der Waals surface area contributed by atoms with E-state index in [-0.39, 0.29) is 0 Å². The molecule has 0 aromatic carbocycles. The number of hydrogen-bond acceptors (Lipinski definition) is 3. The lowest BCUT2D eigenvalue weighted by Crippen LogP contribution is -2.42. The number of rotatable bonds is 8. The van der Waals surface area contributed by atoms with E-state index in [1.54, 1.807) is 0 Å². The van der Waals surface area contributed by atoms with Gasteiger partial charge in [0.1, 0.15) is 5.60 Å². The van der Waals surface area contributed by atoms with Crippen molar-refractivity contribution in [2.24, 2.45) is 23.5 Å². The number of nitrogens with two attached hydrogens (primary N) is 1. The molecule has 3 unspecified atom stereocenters. The van der Waals surface area contributed by atoms with Crippen molar-refractivity contribution in [1.29, 1.82) is 0 Å². The van der Waals surface area contributed by atoms with Gasteiger partial charge in [-0.1, -0.05) is 32.6 Å². The van der Waals surface area contributed by atoms with Crippen LogP contribution in [0.2, 0.25) is 0 Å². The molecule has 2 N–H and O–H groups in total. The predicted molar refractivity (Wildman–Crippen MR) is 104 cm³/mol. The smallest absolute Gasteiger partial charge is 0.405 e. The summed E-state index contributed by atoms with van der Waals surface area (Å²) >= 11 is 0. The summed E-state index contributed by atoms with van der Waals surface area (Å²) < 4.78 is 5.37. The highest BCUT2D eigenvalue weighted by atomic mass is 16.6. The number of primary amides is 1. The van der Waals surface area contributed by atoms with Gasteiger partial charge in [-0.25, -0.2) is 4.79 Å². The first-order chi connectivity index (χ1) is 11.9. The number of unbranched alkanes of at least 4 members (excludes halogenated alkanes) is 1. The summed E-state index contributed by atoms with van der Waals surface area (Å²) in [6.07, 6.45) is 12.4. The van der Waals surface area contributed by atoms with E-state index in [1.807, 2.05) is 13.8 Å². The Kier molecular flexibility index (Phi) is 8.05. The lowest BCUT2D eigenvalue weighted by Gasteiger charge is -2.41. The molecule has 0 spiro atoms. The summed E-state index contributed by atoms with van der Waals surface area (Å²) in [5, 5.41) is 0. The number of nitrogens with zero attached hydrogens (tertiary/aromatic N) is 1. The molecule has 25 heavy (non-hydrogen) atoms. The third kappa shape index (κ3) is 7.16. The van der Waals surface area contributed by atoms with Crippen LogP contribution < -0.4 is 5.73 Å². The molecule has 4 heteroatoms. The Labute approximate surface area is 154 Å². The van der Waals surface area contributed by atoms with E-state index in [0.29, 0.717) is 5.92 Å². The fourth-order valence-electron chi connectivity index (χ4n) is 5.12. The molecule has 0 aromatic heterocycles. The van der Waals surface area contributed by atoms with Crippen molar-refractivity contribution in [3.05, 3.63) is 0 Å². The second-order valence-corrected chi connectivity index (χ2v) is 9.10. The Morgan fingerprint density at radius 2 is 1.88 bits per heavy atom. The fourth-order valence-corrected chi connectivity index (χ4v) is 5.12. The van der Waals surface area contributed by atoms with Gasteiger partial charge in [-0.3, -0.25) is 0 Å². The standard InChI is InChI=1S/C21H40N2O2/c1-4-5-9-17-10-8-13-23(15-17)16-19-12-7-6-11-18(19)14-21(2,3)25-20(22)24/h17-19H,4-16H2,1-3H3,(H2,22,24). The van der Waals surface area contributed by atoms with Crippen LogP contribution in [0.15, 0.2) is 0 Å². The average molecular weight is 353 g/mol. The highest BCUT2D eigenvalue weighted by molar-refractivity contribution is 5.65. The largest absolute Gasteiger partial charge is 0.444 e. The summed E-state index contributed by atoms with van der Waals surface area (Å²) in [4.78, 5) is 13.9. The minimum atomic E-state index is -0.646. The van der Waals surface area contributed by atoms with E-state index in [0.717, 1.165) is 18.3 Å². The van der Waals surface area contributed by atoms with Gasteiger partial charge >= 0.3 is 6.09 Å². The van der Waals surface area contributed by atoms with E-state index in [9.17, 15) is 4.79 Å². The zero-order valence-electron chi connectivity index (χ0n) is 16.8. The van der Waals surface area contributed by atoms with Gasteiger partial charge in [0.2, 0.25) is 0 Å². The molecule has 1 aliphatic heterocycles. The molecule has 0 bridgehead atoms. The molecular formula is C21H40N2O2. The first kappa shape index (κ1) is 20.5. The van der Waals surface area contributed by atoms with Crippen LogP contribution in [0.1, 0.15) is 85.0 Å². The second kappa shape index (κ2) is 9.80. The molecule has 1 aliphatic carbocycles. The van der Waals surface area contributed by atoms with Gasteiger partial charge < -0.3 is 15.4 Å². The molecule has 1 amide bonds. The van der Waals surface area contributed by atoms with E-state index >= 15 is 0 Å². The molecule has 2 fully saturated rings. The maximum atomic E-state index is 11.2. The van der Waals surface area contributed by atoms with Crippen molar-refractivity contribution < 1.29 is 9.53 Å². The average Bonchev–Trinajstić information content (AvgIpc) is 2.53. The summed E-state index contributed by atoms with van der Waals surface area (Å²) in [5.41, 5.74) is 4.81. The quantitative estimate of drug-likeness (QED) is 0.672. The molecule has 4 nitrogen and oxygen atoms in total. The third-order valence-electron chi connectivity index (χ3n) is 6.26.